The number of anilines is 2. The van der Waals surface area contributed by atoms with Crippen LogP contribution in [0.4, 0.5) is 11.8 Å². The van der Waals surface area contributed by atoms with E-state index in [4.69, 9.17) is 5.73 Å². The van der Waals surface area contributed by atoms with Crippen molar-refractivity contribution in [3.05, 3.63) is 41.9 Å². The van der Waals surface area contributed by atoms with Crippen LogP contribution < -0.4 is 10.6 Å². The highest BCUT2D eigenvalue weighted by molar-refractivity contribution is 5.45. The lowest BCUT2D eigenvalue weighted by molar-refractivity contribution is 0.0113. The molecule has 0 aromatic carbocycles. The monoisotopic (exact) mass is 341 g/mol. The van der Waals surface area contributed by atoms with Crippen molar-refractivity contribution >= 4 is 11.8 Å². The number of hydrogen-bond donors (Lipinski definition) is 3. The van der Waals surface area contributed by atoms with E-state index in [1.165, 1.54) is 0 Å². The fourth-order valence-electron chi connectivity index (χ4n) is 3.70. The summed E-state index contributed by atoms with van der Waals surface area (Å²) in [6.45, 7) is 1.38. The van der Waals surface area contributed by atoms with Gasteiger partial charge in [-0.1, -0.05) is 6.07 Å². The molecule has 2 aliphatic rings. The molecule has 0 radical (unpaired) electrons. The third-order valence-electron chi connectivity index (χ3n) is 5.39. The molecule has 1 aliphatic heterocycles. The number of piperidine rings is 1. The smallest absolute Gasteiger partial charge is 0.222 e. The second-order valence-electron chi connectivity index (χ2n) is 7.09. The zero-order valence-electron chi connectivity index (χ0n) is 14.0. The number of nitrogens with two attached hydrogens (primary N) is 1. The summed E-state index contributed by atoms with van der Waals surface area (Å²) in [5, 5.41) is 20.4. The highest BCUT2D eigenvalue weighted by Gasteiger charge is 2.35. The minimum Gasteiger partial charge on any atom is -0.393 e. The molecule has 2 aromatic rings. The molecule has 25 heavy (non-hydrogen) atoms. The van der Waals surface area contributed by atoms with Crippen molar-refractivity contribution in [1.29, 1.82) is 0 Å². The standard InChI is InChI=1S/C18H23N5O2/c19-17-21-15(12-8-14(24)9-12)10-16(22-17)23-6-3-18(25,4-7-23)13-2-1-5-20-11-13/h1-2,5,10-12,14,24-25H,3-4,6-9H2,(H2,19,21,22). The molecule has 4 rings (SSSR count). The summed E-state index contributed by atoms with van der Waals surface area (Å²) in [5.41, 5.74) is 6.82. The van der Waals surface area contributed by atoms with Crippen LogP contribution >= 0.6 is 0 Å². The number of nitrogens with zero attached hydrogens (tertiary/aromatic N) is 4. The summed E-state index contributed by atoms with van der Waals surface area (Å²) < 4.78 is 0. The van der Waals surface area contributed by atoms with Gasteiger partial charge in [0.2, 0.25) is 5.95 Å². The predicted molar refractivity (Wildman–Crippen MR) is 94.0 cm³/mol. The first-order chi connectivity index (χ1) is 12.0. The number of rotatable bonds is 3. The van der Waals surface area contributed by atoms with Crippen LogP contribution in [0.15, 0.2) is 30.6 Å². The van der Waals surface area contributed by atoms with Crippen LogP contribution in [-0.4, -0.2) is 44.4 Å². The van der Waals surface area contributed by atoms with Gasteiger partial charge in [-0.25, -0.2) is 4.98 Å². The van der Waals surface area contributed by atoms with E-state index < -0.39 is 5.60 Å². The number of hydrogen-bond acceptors (Lipinski definition) is 7. The molecular weight excluding hydrogens is 318 g/mol. The Hall–Kier alpha value is -2.25. The zero-order valence-corrected chi connectivity index (χ0v) is 14.0. The Morgan fingerprint density at radius 3 is 2.60 bits per heavy atom. The lowest BCUT2D eigenvalue weighted by Gasteiger charge is -2.39. The number of aliphatic hydroxyl groups excluding tert-OH is 1. The van der Waals surface area contributed by atoms with Gasteiger partial charge in [-0.15, -0.1) is 0 Å². The molecule has 0 unspecified atom stereocenters. The van der Waals surface area contributed by atoms with Crippen LogP contribution in [0.3, 0.4) is 0 Å². The van der Waals surface area contributed by atoms with E-state index in [2.05, 4.69) is 19.9 Å². The molecule has 2 fully saturated rings. The van der Waals surface area contributed by atoms with Crippen molar-refractivity contribution in [3.8, 4) is 0 Å². The predicted octanol–water partition coefficient (Wildman–Crippen LogP) is 1.18. The lowest BCUT2D eigenvalue weighted by Crippen LogP contribution is -2.43. The summed E-state index contributed by atoms with van der Waals surface area (Å²) in [5.74, 6) is 1.33. The van der Waals surface area contributed by atoms with E-state index in [0.29, 0.717) is 25.9 Å². The summed E-state index contributed by atoms with van der Waals surface area (Å²) >= 11 is 0. The molecule has 4 N–H and O–H groups in total. The molecule has 0 amide bonds. The van der Waals surface area contributed by atoms with Gasteiger partial charge in [0.1, 0.15) is 5.82 Å². The van der Waals surface area contributed by atoms with E-state index in [1.54, 1.807) is 12.4 Å². The van der Waals surface area contributed by atoms with E-state index in [0.717, 1.165) is 29.9 Å². The van der Waals surface area contributed by atoms with E-state index >= 15 is 0 Å². The fraction of sp³-hybridized carbons (Fsp3) is 0.500. The third kappa shape index (κ3) is 3.17. The summed E-state index contributed by atoms with van der Waals surface area (Å²) in [7, 11) is 0. The van der Waals surface area contributed by atoms with Crippen LogP contribution in [0.25, 0.3) is 0 Å². The molecule has 3 heterocycles. The van der Waals surface area contributed by atoms with Crippen LogP contribution in [0, 0.1) is 0 Å². The number of aliphatic hydroxyl groups is 2. The topological polar surface area (TPSA) is 108 Å². The second kappa shape index (κ2) is 6.24. The Morgan fingerprint density at radius 1 is 1.20 bits per heavy atom. The van der Waals surface area contributed by atoms with E-state index in [-0.39, 0.29) is 18.0 Å². The largest absolute Gasteiger partial charge is 0.393 e. The molecular formula is C18H23N5O2. The van der Waals surface area contributed by atoms with Gasteiger partial charge in [0.05, 0.1) is 17.4 Å². The third-order valence-corrected chi connectivity index (χ3v) is 5.39. The van der Waals surface area contributed by atoms with Crippen molar-refractivity contribution < 1.29 is 10.2 Å². The van der Waals surface area contributed by atoms with Crippen molar-refractivity contribution in [2.24, 2.45) is 0 Å². The molecule has 1 aliphatic carbocycles. The molecule has 2 aromatic heterocycles. The van der Waals surface area contributed by atoms with Crippen molar-refractivity contribution in [1.82, 2.24) is 15.0 Å². The summed E-state index contributed by atoms with van der Waals surface area (Å²) in [6.07, 6.45) is 5.91. The fourth-order valence-corrected chi connectivity index (χ4v) is 3.70. The first-order valence-electron chi connectivity index (χ1n) is 8.74. The minimum atomic E-state index is -0.843. The zero-order chi connectivity index (χ0) is 17.4. The highest BCUT2D eigenvalue weighted by Crippen LogP contribution is 2.38. The molecule has 0 spiro atoms. The van der Waals surface area contributed by atoms with Crippen LogP contribution in [0.5, 0.6) is 0 Å². The number of nitrogen functional groups attached to an aromatic ring is 1. The van der Waals surface area contributed by atoms with Gasteiger partial charge in [-0.3, -0.25) is 4.98 Å². The molecule has 132 valence electrons. The first-order valence-corrected chi connectivity index (χ1v) is 8.74. The minimum absolute atomic E-state index is 0.228. The Morgan fingerprint density at radius 2 is 1.96 bits per heavy atom. The summed E-state index contributed by atoms with van der Waals surface area (Å²) in [6, 6.07) is 5.75. The molecule has 0 atom stereocenters. The molecule has 1 saturated carbocycles. The van der Waals surface area contributed by atoms with Crippen molar-refractivity contribution in [2.75, 3.05) is 23.7 Å². The van der Waals surface area contributed by atoms with E-state index in [9.17, 15) is 10.2 Å². The van der Waals surface area contributed by atoms with Crippen molar-refractivity contribution in [2.45, 2.75) is 43.3 Å². The Kier molecular flexibility index (Phi) is 4.05. The van der Waals surface area contributed by atoms with Gasteiger partial charge in [-0.2, -0.15) is 4.98 Å². The maximum atomic E-state index is 10.9. The average molecular weight is 341 g/mol. The van der Waals surface area contributed by atoms with Gasteiger partial charge in [-0.05, 0) is 31.7 Å². The second-order valence-corrected chi connectivity index (χ2v) is 7.09. The molecule has 1 saturated heterocycles. The Balaban J connectivity index is 1.49. The van der Waals surface area contributed by atoms with E-state index in [1.807, 2.05) is 18.2 Å². The molecule has 7 nitrogen and oxygen atoms in total. The van der Waals surface area contributed by atoms with Gasteiger partial charge < -0.3 is 20.8 Å². The van der Waals surface area contributed by atoms with Gasteiger partial charge in [0.25, 0.3) is 0 Å². The molecule has 7 heteroatoms. The first kappa shape index (κ1) is 16.2. The lowest BCUT2D eigenvalue weighted by atomic mass is 9.80. The number of pyridine rings is 1. The average Bonchev–Trinajstić information content (AvgIpc) is 2.60. The maximum absolute atomic E-state index is 10.9. The normalized spacial score (nSPS) is 25.4. The Bertz CT molecular complexity index is 740. The molecule has 0 bridgehead atoms. The maximum Gasteiger partial charge on any atom is 0.222 e. The van der Waals surface area contributed by atoms with Crippen LogP contribution in [0.2, 0.25) is 0 Å². The van der Waals surface area contributed by atoms with Gasteiger partial charge >= 0.3 is 0 Å². The van der Waals surface area contributed by atoms with Gasteiger partial charge in [0.15, 0.2) is 0 Å². The van der Waals surface area contributed by atoms with Crippen LogP contribution in [0.1, 0.15) is 42.9 Å². The quantitative estimate of drug-likeness (QED) is 0.769. The van der Waals surface area contributed by atoms with Crippen molar-refractivity contribution in [3.63, 3.8) is 0 Å². The van der Waals surface area contributed by atoms with Gasteiger partial charge in [0, 0.05) is 43.0 Å². The summed E-state index contributed by atoms with van der Waals surface area (Å²) in [4.78, 5) is 15.0. The SMILES string of the molecule is Nc1nc(C2CC(O)C2)cc(N2CCC(O)(c3cccnc3)CC2)n1. The Labute approximate surface area is 146 Å². The highest BCUT2D eigenvalue weighted by atomic mass is 16.3. The number of aromatic nitrogens is 3. The van der Waals surface area contributed by atoms with Crippen LogP contribution in [-0.2, 0) is 5.60 Å².